The van der Waals surface area contributed by atoms with Gasteiger partial charge in [-0.1, -0.05) is 120 Å². The van der Waals surface area contributed by atoms with Crippen LogP contribution in [0.3, 0.4) is 0 Å². The molecule has 0 amide bonds. The molecule has 0 radical (unpaired) electrons. The Balaban J connectivity index is 1.61. The third-order valence-corrected chi connectivity index (χ3v) is 6.15. The lowest BCUT2D eigenvalue weighted by molar-refractivity contribution is 1.37. The first-order valence-corrected chi connectivity index (χ1v) is 10.7. The predicted octanol–water partition coefficient (Wildman–Crippen LogP) is 4.91. The van der Waals surface area contributed by atoms with Gasteiger partial charge in [-0.25, -0.2) is 0 Å². The zero-order valence-electron chi connectivity index (χ0n) is 17.1. The molecule has 0 spiro atoms. The van der Waals surface area contributed by atoms with E-state index in [-0.39, 0.29) is 6.71 Å². The Morgan fingerprint density at radius 3 is 1.58 bits per heavy atom. The molecule has 0 saturated carbocycles. The van der Waals surface area contributed by atoms with Crippen LogP contribution in [0, 0.1) is 0 Å². The van der Waals surface area contributed by atoms with Crippen LogP contribution in [0.1, 0.15) is 0 Å². The van der Waals surface area contributed by atoms with Crippen LogP contribution >= 0.6 is 0 Å². The highest BCUT2D eigenvalue weighted by Gasteiger charge is 2.34. The molecule has 0 atom stereocenters. The molecule has 0 aliphatic carbocycles. The minimum Gasteiger partial charge on any atom is -0.262 e. The Hall–Kier alpha value is -3.91. The van der Waals surface area contributed by atoms with Crippen LogP contribution < -0.4 is 16.5 Å². The summed E-state index contributed by atoms with van der Waals surface area (Å²) in [6.45, 7) is 0.138. The van der Waals surface area contributed by atoms with Gasteiger partial charge >= 0.3 is 0 Å². The number of hydrogen-bond acceptors (Lipinski definition) is 1. The van der Waals surface area contributed by atoms with Crippen molar-refractivity contribution in [2.75, 3.05) is 0 Å². The average molecular weight is 393 g/mol. The number of nitrogens with zero attached hydrogens (tertiary/aromatic N) is 1. The largest absolute Gasteiger partial charge is 0.266 e. The van der Waals surface area contributed by atoms with Gasteiger partial charge in [-0.05, 0) is 34.4 Å². The summed E-state index contributed by atoms with van der Waals surface area (Å²) in [5.74, 6) is 0. The lowest BCUT2D eigenvalue weighted by atomic mass is 9.40. The SMILES string of the molecule is c1ccc(-c2cc(B3c4ccccc4-c4ccccc43)nc(-c3ccccc3)c2)cc1. The smallest absolute Gasteiger partial charge is 0.262 e. The van der Waals surface area contributed by atoms with E-state index in [2.05, 4.69) is 121 Å². The molecular weight excluding hydrogens is 373 g/mol. The van der Waals surface area contributed by atoms with E-state index in [0.29, 0.717) is 0 Å². The Morgan fingerprint density at radius 1 is 0.452 bits per heavy atom. The summed E-state index contributed by atoms with van der Waals surface area (Å²) in [5.41, 5.74) is 11.0. The van der Waals surface area contributed by atoms with Gasteiger partial charge in [-0.3, -0.25) is 4.98 Å². The monoisotopic (exact) mass is 393 g/mol. The number of hydrogen-bond donors (Lipinski definition) is 0. The van der Waals surface area contributed by atoms with Gasteiger partial charge in [-0.2, -0.15) is 0 Å². The summed E-state index contributed by atoms with van der Waals surface area (Å²) >= 11 is 0. The summed E-state index contributed by atoms with van der Waals surface area (Å²) in [4.78, 5) is 5.21. The quantitative estimate of drug-likeness (QED) is 0.389. The molecule has 4 aromatic carbocycles. The molecule has 0 bridgehead atoms. The van der Waals surface area contributed by atoms with Crippen LogP contribution in [0.15, 0.2) is 121 Å². The van der Waals surface area contributed by atoms with Crippen LogP contribution in [0.2, 0.25) is 0 Å². The maximum atomic E-state index is 5.21. The molecule has 1 aliphatic rings. The van der Waals surface area contributed by atoms with Gasteiger partial charge in [0, 0.05) is 11.2 Å². The van der Waals surface area contributed by atoms with E-state index in [9.17, 15) is 0 Å². The van der Waals surface area contributed by atoms with E-state index < -0.39 is 0 Å². The Labute approximate surface area is 183 Å². The maximum Gasteiger partial charge on any atom is 0.266 e. The van der Waals surface area contributed by atoms with Gasteiger partial charge in [0.05, 0.1) is 5.69 Å². The van der Waals surface area contributed by atoms with Crippen molar-refractivity contribution >= 4 is 23.2 Å². The van der Waals surface area contributed by atoms with Crippen molar-refractivity contribution in [2.45, 2.75) is 0 Å². The Morgan fingerprint density at radius 2 is 0.968 bits per heavy atom. The van der Waals surface area contributed by atoms with E-state index in [1.54, 1.807) is 0 Å². The van der Waals surface area contributed by atoms with E-state index in [1.807, 2.05) is 0 Å². The standard InChI is InChI=1S/C29H20BN/c1-3-11-21(12-4-1)23-19-28(22-13-5-2-6-14-22)31-29(20-23)30-26-17-9-7-15-24(26)25-16-8-10-18-27(25)30/h1-20H. The second kappa shape index (κ2) is 7.41. The first-order valence-electron chi connectivity index (χ1n) is 10.7. The van der Waals surface area contributed by atoms with Crippen molar-refractivity contribution in [3.05, 3.63) is 121 Å². The number of benzene rings is 4. The molecule has 0 N–H and O–H groups in total. The molecule has 1 aliphatic heterocycles. The highest BCUT2D eigenvalue weighted by atomic mass is 14.7. The fourth-order valence-corrected chi connectivity index (χ4v) is 4.73. The van der Waals surface area contributed by atoms with Crippen molar-refractivity contribution in [1.82, 2.24) is 4.98 Å². The molecule has 144 valence electrons. The lowest BCUT2D eigenvalue weighted by Crippen LogP contribution is -2.50. The van der Waals surface area contributed by atoms with Crippen LogP contribution in [0.5, 0.6) is 0 Å². The van der Waals surface area contributed by atoms with Gasteiger partial charge in [0.2, 0.25) is 0 Å². The summed E-state index contributed by atoms with van der Waals surface area (Å²) in [6.07, 6.45) is 0. The average Bonchev–Trinajstić information content (AvgIpc) is 3.19. The van der Waals surface area contributed by atoms with Gasteiger partial charge < -0.3 is 0 Å². The van der Waals surface area contributed by atoms with Gasteiger partial charge in [0.15, 0.2) is 0 Å². The van der Waals surface area contributed by atoms with E-state index >= 15 is 0 Å². The first-order chi connectivity index (χ1) is 15.4. The third kappa shape index (κ3) is 3.08. The molecule has 1 aromatic heterocycles. The summed E-state index contributed by atoms with van der Waals surface area (Å²) in [7, 11) is 0. The second-order valence-electron chi connectivity index (χ2n) is 8.01. The molecular formula is C29H20BN. The minimum absolute atomic E-state index is 0.138. The fourth-order valence-electron chi connectivity index (χ4n) is 4.73. The van der Waals surface area contributed by atoms with Crippen LogP contribution in [0.25, 0.3) is 33.5 Å². The molecule has 0 unspecified atom stereocenters. The zero-order chi connectivity index (χ0) is 20.6. The predicted molar refractivity (Wildman–Crippen MR) is 132 cm³/mol. The molecule has 31 heavy (non-hydrogen) atoms. The third-order valence-electron chi connectivity index (χ3n) is 6.15. The van der Waals surface area contributed by atoms with Crippen molar-refractivity contribution in [3.8, 4) is 33.5 Å². The minimum atomic E-state index is 0.138. The molecule has 2 heterocycles. The zero-order valence-corrected chi connectivity index (χ0v) is 17.1. The van der Waals surface area contributed by atoms with Gasteiger partial charge in [-0.15, -0.1) is 0 Å². The maximum absolute atomic E-state index is 5.21. The first kappa shape index (κ1) is 17.9. The molecule has 0 saturated heterocycles. The Kier molecular flexibility index (Phi) is 4.28. The lowest BCUT2D eigenvalue weighted by Gasteiger charge is -2.14. The van der Waals surface area contributed by atoms with Crippen molar-refractivity contribution in [1.29, 1.82) is 0 Å². The fraction of sp³-hybridized carbons (Fsp3) is 0. The normalized spacial score (nSPS) is 11.8. The van der Waals surface area contributed by atoms with Crippen LogP contribution in [0.4, 0.5) is 0 Å². The Bertz CT molecular complexity index is 1270. The number of fused-ring (bicyclic) bond motifs is 3. The number of aromatic nitrogens is 1. The summed E-state index contributed by atoms with van der Waals surface area (Å²) < 4.78 is 0. The topological polar surface area (TPSA) is 12.9 Å². The van der Waals surface area contributed by atoms with Crippen LogP contribution in [-0.2, 0) is 0 Å². The summed E-state index contributed by atoms with van der Waals surface area (Å²) in [5, 5.41) is 0. The molecule has 5 aromatic rings. The van der Waals surface area contributed by atoms with Crippen LogP contribution in [-0.4, -0.2) is 11.7 Å². The molecule has 1 nitrogen and oxygen atoms in total. The van der Waals surface area contributed by atoms with Gasteiger partial charge in [0.25, 0.3) is 6.71 Å². The van der Waals surface area contributed by atoms with E-state index in [0.717, 1.165) is 16.9 Å². The molecule has 2 heteroatoms. The highest BCUT2D eigenvalue weighted by molar-refractivity contribution is 6.98. The second-order valence-corrected chi connectivity index (χ2v) is 8.01. The molecule has 0 fully saturated rings. The van der Waals surface area contributed by atoms with Gasteiger partial charge in [0.1, 0.15) is 0 Å². The van der Waals surface area contributed by atoms with Crippen molar-refractivity contribution in [3.63, 3.8) is 0 Å². The van der Waals surface area contributed by atoms with E-state index in [1.165, 1.54) is 33.2 Å². The molecule has 6 rings (SSSR count). The number of pyridine rings is 1. The number of rotatable bonds is 3. The van der Waals surface area contributed by atoms with E-state index in [4.69, 9.17) is 4.98 Å². The van der Waals surface area contributed by atoms with Crippen molar-refractivity contribution < 1.29 is 0 Å². The summed E-state index contributed by atoms with van der Waals surface area (Å²) in [6, 6.07) is 43.0. The van der Waals surface area contributed by atoms with Crippen molar-refractivity contribution in [2.24, 2.45) is 0 Å². The highest BCUT2D eigenvalue weighted by Crippen LogP contribution is 2.26.